The third-order valence-corrected chi connectivity index (χ3v) is 11.2. The Hall–Kier alpha value is 0.194. The number of unbranched alkanes of at least 4 members (excludes halogenated alkanes) is 5. The lowest BCUT2D eigenvalue weighted by atomic mass is 10.1. The molecule has 0 amide bonds. The van der Waals surface area contributed by atoms with Gasteiger partial charge in [-0.1, -0.05) is 67.2 Å². The van der Waals surface area contributed by atoms with Gasteiger partial charge in [-0.3, -0.25) is 0 Å². The highest BCUT2D eigenvalue weighted by atomic mass is 28.4. The molecule has 0 heterocycles. The molecule has 0 bridgehead atoms. The zero-order valence-electron chi connectivity index (χ0n) is 23.6. The van der Waals surface area contributed by atoms with Crippen LogP contribution in [0.3, 0.4) is 0 Å². The van der Waals surface area contributed by atoms with Crippen LogP contribution in [0.15, 0.2) is 0 Å². The van der Waals surface area contributed by atoms with Gasteiger partial charge in [-0.25, -0.2) is 0 Å². The fourth-order valence-corrected chi connectivity index (χ4v) is 9.44. The molecule has 0 aromatic rings. The summed E-state index contributed by atoms with van der Waals surface area (Å²) >= 11 is 0. The minimum Gasteiger partial charge on any atom is -0.373 e. The largest absolute Gasteiger partial charge is 0.500 e. The summed E-state index contributed by atoms with van der Waals surface area (Å²) in [6, 6.07) is 1.87. The fourth-order valence-electron chi connectivity index (χ4n) is 3.62. The second kappa shape index (κ2) is 23.6. The van der Waals surface area contributed by atoms with Crippen LogP contribution in [0, 0.1) is 0 Å². The lowest BCUT2D eigenvalue weighted by molar-refractivity contribution is 0.0577. The molecule has 0 spiro atoms. The average molecular weight is 523 g/mol. The molecule has 0 N–H and O–H groups in total. The van der Waals surface area contributed by atoms with E-state index in [-0.39, 0.29) is 0 Å². The van der Waals surface area contributed by atoms with Crippen molar-refractivity contribution < 1.29 is 26.6 Å². The number of hydrogen-bond donors (Lipinski definition) is 0. The highest BCUT2D eigenvalue weighted by Crippen LogP contribution is 2.24. The Morgan fingerprint density at radius 2 is 0.529 bits per heavy atom. The van der Waals surface area contributed by atoms with Gasteiger partial charge in [-0.2, -0.15) is 0 Å². The Bertz CT molecular complexity index is 347. The predicted molar refractivity (Wildman–Crippen MR) is 146 cm³/mol. The van der Waals surface area contributed by atoms with E-state index in [0.29, 0.717) is 0 Å². The van der Waals surface area contributed by atoms with Crippen molar-refractivity contribution in [2.75, 3.05) is 39.6 Å². The van der Waals surface area contributed by atoms with Gasteiger partial charge in [0.25, 0.3) is 0 Å². The van der Waals surface area contributed by atoms with E-state index in [1.54, 1.807) is 0 Å². The molecule has 6 nitrogen and oxygen atoms in total. The first-order valence-electron chi connectivity index (χ1n) is 14.4. The molecular formula is C26H58O6Si2. The molecule has 0 saturated carbocycles. The van der Waals surface area contributed by atoms with Crippen molar-refractivity contribution in [1.82, 2.24) is 0 Å². The minimum atomic E-state index is -2.54. The van der Waals surface area contributed by atoms with Gasteiger partial charge in [0.15, 0.2) is 0 Å². The topological polar surface area (TPSA) is 55.4 Å². The van der Waals surface area contributed by atoms with Crippen molar-refractivity contribution in [2.24, 2.45) is 0 Å². The molecule has 0 radical (unpaired) electrons. The van der Waals surface area contributed by atoms with Crippen LogP contribution >= 0.6 is 0 Å². The molecule has 0 aliphatic heterocycles. The monoisotopic (exact) mass is 522 g/mol. The van der Waals surface area contributed by atoms with Gasteiger partial charge in [-0.15, -0.1) is 0 Å². The summed E-state index contributed by atoms with van der Waals surface area (Å²) in [6.45, 7) is 17.2. The molecule has 8 heteroatoms. The van der Waals surface area contributed by atoms with Crippen molar-refractivity contribution in [3.8, 4) is 0 Å². The average Bonchev–Trinajstić information content (AvgIpc) is 2.86. The highest BCUT2D eigenvalue weighted by molar-refractivity contribution is 6.61. The Labute approximate surface area is 214 Å². The zero-order valence-corrected chi connectivity index (χ0v) is 25.6. The van der Waals surface area contributed by atoms with E-state index in [0.717, 1.165) is 103 Å². The molecule has 0 aliphatic rings. The normalized spacial score (nSPS) is 12.5. The lowest BCUT2D eigenvalue weighted by Gasteiger charge is -2.30. The van der Waals surface area contributed by atoms with Crippen LogP contribution in [-0.4, -0.2) is 57.3 Å². The Morgan fingerprint density at radius 3 is 0.735 bits per heavy atom. The molecule has 0 fully saturated rings. The summed E-state index contributed by atoms with van der Waals surface area (Å²) < 4.78 is 37.3. The van der Waals surface area contributed by atoms with E-state index in [1.165, 1.54) is 25.7 Å². The van der Waals surface area contributed by atoms with Gasteiger partial charge >= 0.3 is 17.6 Å². The summed E-state index contributed by atoms with van der Waals surface area (Å²) in [5, 5.41) is 0. The zero-order chi connectivity index (χ0) is 25.4. The maximum atomic E-state index is 6.22. The fraction of sp³-hybridized carbons (Fsp3) is 1.00. The predicted octanol–water partition coefficient (Wildman–Crippen LogP) is 7.76. The van der Waals surface area contributed by atoms with E-state index in [4.69, 9.17) is 26.6 Å². The Morgan fingerprint density at radius 1 is 0.324 bits per heavy atom. The van der Waals surface area contributed by atoms with Gasteiger partial charge in [0.05, 0.1) is 0 Å². The molecule has 0 saturated heterocycles. The van der Waals surface area contributed by atoms with E-state index in [9.17, 15) is 0 Å². The van der Waals surface area contributed by atoms with E-state index in [1.807, 2.05) is 0 Å². The molecule has 0 aromatic carbocycles. The van der Waals surface area contributed by atoms with Crippen molar-refractivity contribution >= 4 is 17.6 Å². The Balaban J connectivity index is 4.49. The van der Waals surface area contributed by atoms with Crippen LogP contribution in [0.5, 0.6) is 0 Å². The van der Waals surface area contributed by atoms with Gasteiger partial charge in [0.2, 0.25) is 0 Å². The first-order chi connectivity index (χ1) is 16.6. The quantitative estimate of drug-likeness (QED) is 0.0811. The first-order valence-corrected chi connectivity index (χ1v) is 18.3. The van der Waals surface area contributed by atoms with Crippen LogP contribution in [0.1, 0.15) is 119 Å². The number of hydrogen-bond acceptors (Lipinski definition) is 6. The highest BCUT2D eigenvalue weighted by Gasteiger charge is 2.41. The van der Waals surface area contributed by atoms with Crippen LogP contribution in [0.4, 0.5) is 0 Å². The van der Waals surface area contributed by atoms with Crippen LogP contribution in [0.2, 0.25) is 12.1 Å². The van der Waals surface area contributed by atoms with E-state index >= 15 is 0 Å². The molecule has 0 aliphatic carbocycles. The van der Waals surface area contributed by atoms with Crippen molar-refractivity contribution in [3.05, 3.63) is 0 Å². The summed E-state index contributed by atoms with van der Waals surface area (Å²) in [4.78, 5) is 0. The third-order valence-electron chi connectivity index (χ3n) is 5.37. The molecule has 206 valence electrons. The summed E-state index contributed by atoms with van der Waals surface area (Å²) in [7, 11) is -5.08. The van der Waals surface area contributed by atoms with Crippen molar-refractivity contribution in [3.63, 3.8) is 0 Å². The molecule has 0 aromatic heterocycles. The summed E-state index contributed by atoms with van der Waals surface area (Å²) in [5.41, 5.74) is 0. The molecule has 34 heavy (non-hydrogen) atoms. The Kier molecular flexibility index (Phi) is 23.7. The summed E-state index contributed by atoms with van der Waals surface area (Å²) in [5.74, 6) is 0. The second-order valence-electron chi connectivity index (χ2n) is 9.08. The van der Waals surface area contributed by atoms with Gasteiger partial charge in [0, 0.05) is 51.7 Å². The maximum absolute atomic E-state index is 6.22. The van der Waals surface area contributed by atoms with Crippen LogP contribution in [-0.2, 0) is 26.6 Å². The van der Waals surface area contributed by atoms with Crippen molar-refractivity contribution in [2.45, 2.75) is 131 Å². The van der Waals surface area contributed by atoms with Crippen LogP contribution in [0.25, 0.3) is 0 Å². The molecule has 0 unspecified atom stereocenters. The smallest absolute Gasteiger partial charge is 0.373 e. The van der Waals surface area contributed by atoms with Gasteiger partial charge in [0.1, 0.15) is 0 Å². The number of rotatable bonds is 27. The first kappa shape index (κ1) is 34.2. The maximum Gasteiger partial charge on any atom is 0.500 e. The molecular weight excluding hydrogens is 464 g/mol. The molecule has 0 rings (SSSR count). The SMILES string of the molecule is CCCO[Si](CCCCCCCC[Si](OCCC)(OCCC)OCCC)(OCCC)OCCC. The second-order valence-corrected chi connectivity index (χ2v) is 14.5. The molecule has 0 atom stereocenters. The van der Waals surface area contributed by atoms with Gasteiger partial charge < -0.3 is 26.6 Å². The summed E-state index contributed by atoms with van der Waals surface area (Å²) in [6.07, 6.45) is 13.1. The van der Waals surface area contributed by atoms with E-state index < -0.39 is 17.6 Å². The van der Waals surface area contributed by atoms with Crippen molar-refractivity contribution in [1.29, 1.82) is 0 Å². The standard InChI is InChI=1S/C26H58O6Si2/c1-7-19-27-33(28-20-8-2,29-21-9-3)25-17-15-13-14-16-18-26-34(30-22-10-4,31-23-11-5)32-24-12-6/h7-26H2,1-6H3. The lowest BCUT2D eigenvalue weighted by Crippen LogP contribution is -2.46. The van der Waals surface area contributed by atoms with Gasteiger partial charge in [-0.05, 0) is 51.4 Å². The van der Waals surface area contributed by atoms with Crippen LogP contribution < -0.4 is 0 Å². The minimum absolute atomic E-state index is 0.728. The van der Waals surface area contributed by atoms with E-state index in [2.05, 4.69) is 41.5 Å². The third kappa shape index (κ3) is 16.8.